The molecule has 38 heavy (non-hydrogen) atoms. The summed E-state index contributed by atoms with van der Waals surface area (Å²) in [7, 11) is -2.07. The number of nitriles is 1. The fourth-order valence-corrected chi connectivity index (χ4v) is 5.65. The molecular weight excluding hydrogens is 513 g/mol. The summed E-state index contributed by atoms with van der Waals surface area (Å²) in [6.07, 6.45) is 1.96. The summed E-state index contributed by atoms with van der Waals surface area (Å²) >= 11 is 0. The number of halogens is 1. The molecule has 3 heterocycles. The number of nitrogens with zero attached hydrogens (tertiary/aromatic N) is 5. The monoisotopic (exact) mass is 543 g/mol. The van der Waals surface area contributed by atoms with Crippen LogP contribution >= 0.6 is 0 Å². The molecule has 1 aliphatic carbocycles. The molecule has 1 amide bonds. The van der Waals surface area contributed by atoms with Crippen LogP contribution in [-0.2, 0) is 10.0 Å². The van der Waals surface area contributed by atoms with Gasteiger partial charge in [-0.15, -0.1) is 0 Å². The lowest BCUT2D eigenvalue weighted by Gasteiger charge is -2.45. The fraction of sp³-hybridized carbons (Fsp3) is 0.440. The maximum atomic E-state index is 15.2. The minimum atomic E-state index is -3.42. The number of aliphatic hydroxyl groups is 1. The van der Waals surface area contributed by atoms with Gasteiger partial charge in [0.15, 0.2) is 0 Å². The second-order valence-electron chi connectivity index (χ2n) is 10.1. The molecule has 13 heteroatoms. The van der Waals surface area contributed by atoms with Gasteiger partial charge in [0, 0.05) is 12.2 Å². The van der Waals surface area contributed by atoms with Gasteiger partial charge < -0.3 is 15.7 Å². The molecule has 0 spiro atoms. The Balaban J connectivity index is 1.75. The van der Waals surface area contributed by atoms with Gasteiger partial charge in [0.2, 0.25) is 10.0 Å². The van der Waals surface area contributed by atoms with E-state index in [1.807, 2.05) is 6.07 Å². The van der Waals surface area contributed by atoms with Gasteiger partial charge in [-0.3, -0.25) is 9.78 Å². The zero-order valence-electron chi connectivity index (χ0n) is 21.3. The summed E-state index contributed by atoms with van der Waals surface area (Å²) in [6, 6.07) is 8.58. The van der Waals surface area contributed by atoms with E-state index in [-0.39, 0.29) is 29.8 Å². The number of amides is 1. The first-order valence-electron chi connectivity index (χ1n) is 12.1. The molecule has 1 saturated carbocycles. The number of carbonyl (C=O) groups excluding carboxylic acids is 1. The SMILES string of the molecule is CNS(=O)(=O)CC1CC(N(C[C@@H](F)C(C)(C)O)c2cc(-c3ccc4cc(C#N)cnn34)ncc2C(N)=O)C1. The van der Waals surface area contributed by atoms with E-state index in [1.165, 1.54) is 33.3 Å². The number of rotatable bonds is 10. The van der Waals surface area contributed by atoms with Gasteiger partial charge in [0.1, 0.15) is 12.2 Å². The lowest BCUT2D eigenvalue weighted by atomic mass is 9.80. The molecule has 0 aromatic carbocycles. The van der Waals surface area contributed by atoms with Crippen LogP contribution in [0.25, 0.3) is 16.9 Å². The molecule has 1 aliphatic rings. The van der Waals surface area contributed by atoms with E-state index in [0.717, 1.165) is 0 Å². The van der Waals surface area contributed by atoms with Crippen LogP contribution in [0.4, 0.5) is 10.1 Å². The summed E-state index contributed by atoms with van der Waals surface area (Å²) < 4.78 is 43.1. The Kier molecular flexibility index (Phi) is 7.42. The Morgan fingerprint density at radius 3 is 2.68 bits per heavy atom. The van der Waals surface area contributed by atoms with Crippen LogP contribution in [0.2, 0.25) is 0 Å². The minimum Gasteiger partial charge on any atom is -0.387 e. The third-order valence-electron chi connectivity index (χ3n) is 6.89. The van der Waals surface area contributed by atoms with Crippen molar-refractivity contribution in [3.05, 3.63) is 47.8 Å². The molecule has 1 fully saturated rings. The standard InChI is InChI=1S/C25H30FN7O4S/c1-25(2,35)23(26)13-32(18-6-15(7-18)14-38(36,37)29-3)22-9-20(30-12-19(22)24(28)34)21-5-4-17-8-16(10-27)11-31-33(17)21/h4-5,8-9,11-12,15,18,23,29,35H,6-7,13-14H2,1-3H3,(H2,28,34)/t15?,18?,23-/m1/s1. The van der Waals surface area contributed by atoms with Crippen LogP contribution in [0.15, 0.2) is 36.7 Å². The number of sulfonamides is 1. The molecular formula is C25H30FN7O4S. The molecule has 1 atom stereocenters. The van der Waals surface area contributed by atoms with Crippen molar-refractivity contribution in [2.45, 2.75) is 44.5 Å². The molecule has 4 N–H and O–H groups in total. The van der Waals surface area contributed by atoms with Gasteiger partial charge in [-0.1, -0.05) is 0 Å². The lowest BCUT2D eigenvalue weighted by molar-refractivity contribution is -0.00121. The number of nitrogens with two attached hydrogens (primary N) is 1. The first-order chi connectivity index (χ1) is 17.8. The van der Waals surface area contributed by atoms with Crippen molar-refractivity contribution >= 4 is 27.1 Å². The van der Waals surface area contributed by atoms with Crippen LogP contribution < -0.4 is 15.4 Å². The molecule has 3 aromatic rings. The van der Waals surface area contributed by atoms with E-state index < -0.39 is 27.7 Å². The molecule has 0 unspecified atom stereocenters. The van der Waals surface area contributed by atoms with Crippen molar-refractivity contribution in [2.24, 2.45) is 11.7 Å². The highest BCUT2D eigenvalue weighted by molar-refractivity contribution is 7.89. The molecule has 3 aromatic heterocycles. The van der Waals surface area contributed by atoms with Gasteiger partial charge in [0.05, 0.1) is 57.8 Å². The summed E-state index contributed by atoms with van der Waals surface area (Å²) in [5, 5.41) is 23.8. The summed E-state index contributed by atoms with van der Waals surface area (Å²) in [5.74, 6) is -0.963. The zero-order valence-corrected chi connectivity index (χ0v) is 22.1. The maximum Gasteiger partial charge on any atom is 0.252 e. The molecule has 0 radical (unpaired) electrons. The van der Waals surface area contributed by atoms with E-state index in [1.54, 1.807) is 33.7 Å². The number of nitrogens with one attached hydrogen (secondary N) is 1. The molecule has 4 rings (SSSR count). The average Bonchev–Trinajstić information content (AvgIpc) is 3.26. The van der Waals surface area contributed by atoms with Gasteiger partial charge in [-0.2, -0.15) is 10.4 Å². The van der Waals surface area contributed by atoms with E-state index in [0.29, 0.717) is 41.0 Å². The van der Waals surface area contributed by atoms with Crippen molar-refractivity contribution in [2.75, 3.05) is 24.2 Å². The third-order valence-corrected chi connectivity index (χ3v) is 8.42. The Morgan fingerprint density at radius 1 is 1.37 bits per heavy atom. The number of hydrogen-bond acceptors (Lipinski definition) is 8. The Bertz CT molecular complexity index is 1500. The molecule has 0 saturated heterocycles. The van der Waals surface area contributed by atoms with Crippen LogP contribution in [0.1, 0.15) is 42.6 Å². The summed E-state index contributed by atoms with van der Waals surface area (Å²) in [5.41, 5.74) is 6.48. The number of primary amides is 1. The van der Waals surface area contributed by atoms with Crippen LogP contribution in [0.3, 0.4) is 0 Å². The van der Waals surface area contributed by atoms with E-state index in [2.05, 4.69) is 14.8 Å². The quantitative estimate of drug-likeness (QED) is 0.347. The van der Waals surface area contributed by atoms with Crippen molar-refractivity contribution in [3.8, 4) is 17.5 Å². The predicted octanol–water partition coefficient (Wildman–Crippen LogP) is 1.61. The number of fused-ring (bicyclic) bond motifs is 1. The number of carbonyl (C=O) groups is 1. The van der Waals surface area contributed by atoms with Crippen LogP contribution in [0.5, 0.6) is 0 Å². The van der Waals surface area contributed by atoms with E-state index in [9.17, 15) is 18.3 Å². The topological polar surface area (TPSA) is 167 Å². The molecule has 0 aliphatic heterocycles. The third kappa shape index (κ3) is 5.62. The second kappa shape index (κ2) is 10.3. The average molecular weight is 544 g/mol. The predicted molar refractivity (Wildman–Crippen MR) is 140 cm³/mol. The van der Waals surface area contributed by atoms with Crippen molar-refractivity contribution in [1.29, 1.82) is 5.26 Å². The first-order valence-corrected chi connectivity index (χ1v) is 13.7. The second-order valence-corrected chi connectivity index (χ2v) is 12.1. The van der Waals surface area contributed by atoms with Crippen LogP contribution in [0, 0.1) is 17.2 Å². The zero-order chi connectivity index (χ0) is 27.8. The number of aromatic nitrogens is 3. The largest absolute Gasteiger partial charge is 0.387 e. The highest BCUT2D eigenvalue weighted by atomic mass is 32.2. The van der Waals surface area contributed by atoms with E-state index >= 15 is 4.39 Å². The van der Waals surface area contributed by atoms with Crippen LogP contribution in [-0.4, -0.2) is 71.2 Å². The van der Waals surface area contributed by atoms with Gasteiger partial charge in [-0.25, -0.2) is 22.0 Å². The fourth-order valence-electron chi connectivity index (χ4n) is 4.59. The van der Waals surface area contributed by atoms with Gasteiger partial charge in [-0.05, 0) is 63.9 Å². The summed E-state index contributed by atoms with van der Waals surface area (Å²) in [6.45, 7) is 2.47. The number of anilines is 1. The van der Waals surface area contributed by atoms with Crippen molar-refractivity contribution in [1.82, 2.24) is 19.3 Å². The Labute approximate surface area is 220 Å². The minimum absolute atomic E-state index is 0.0604. The Hall–Kier alpha value is -3.60. The van der Waals surface area contributed by atoms with Crippen molar-refractivity contribution < 1.29 is 22.7 Å². The highest BCUT2D eigenvalue weighted by Gasteiger charge is 2.40. The lowest BCUT2D eigenvalue weighted by Crippen LogP contribution is -2.52. The van der Waals surface area contributed by atoms with Gasteiger partial charge >= 0.3 is 0 Å². The van der Waals surface area contributed by atoms with Crippen molar-refractivity contribution in [3.63, 3.8) is 0 Å². The summed E-state index contributed by atoms with van der Waals surface area (Å²) in [4.78, 5) is 18.5. The first kappa shape index (κ1) is 27.4. The smallest absolute Gasteiger partial charge is 0.252 e. The van der Waals surface area contributed by atoms with E-state index in [4.69, 9.17) is 11.0 Å². The highest BCUT2D eigenvalue weighted by Crippen LogP contribution is 2.38. The molecule has 0 bridgehead atoms. The maximum absolute atomic E-state index is 15.2. The molecule has 11 nitrogen and oxygen atoms in total. The normalized spacial score (nSPS) is 18.5. The number of pyridine rings is 1. The number of alkyl halides is 1. The van der Waals surface area contributed by atoms with Gasteiger partial charge in [0.25, 0.3) is 5.91 Å². The molecule has 202 valence electrons. The Morgan fingerprint density at radius 2 is 2.08 bits per heavy atom. The number of hydrogen-bond donors (Lipinski definition) is 3.